The van der Waals surface area contributed by atoms with Crippen molar-refractivity contribution in [3.63, 3.8) is 0 Å². The average molecular weight is 450 g/mol. The van der Waals surface area contributed by atoms with Crippen molar-refractivity contribution in [3.05, 3.63) is 77.7 Å². The van der Waals surface area contributed by atoms with E-state index in [1.54, 1.807) is 6.07 Å². The number of amides is 1. The zero-order valence-electron chi connectivity index (χ0n) is 18.3. The van der Waals surface area contributed by atoms with Crippen LogP contribution in [0.3, 0.4) is 0 Å². The van der Waals surface area contributed by atoms with E-state index >= 15 is 0 Å². The van der Waals surface area contributed by atoms with Crippen LogP contribution in [0.2, 0.25) is 0 Å². The quantitative estimate of drug-likeness (QED) is 0.502. The molecule has 0 atom stereocenters. The minimum absolute atomic E-state index is 0.0141. The van der Waals surface area contributed by atoms with Gasteiger partial charge in [0.1, 0.15) is 17.1 Å². The SMILES string of the molecule is NC1CCC(NC(=O)c2cc(F)cnc2Oc2cccc(-c3ccccc3)c2CCO)CC1. The van der Waals surface area contributed by atoms with E-state index in [9.17, 15) is 14.3 Å². The molecule has 1 aliphatic carbocycles. The van der Waals surface area contributed by atoms with Crippen LogP contribution < -0.4 is 15.8 Å². The summed E-state index contributed by atoms with van der Waals surface area (Å²) in [5, 5.41) is 12.6. The molecular formula is C26H28FN3O3. The summed E-state index contributed by atoms with van der Waals surface area (Å²) in [5.74, 6) is -0.569. The fourth-order valence-electron chi connectivity index (χ4n) is 4.22. The van der Waals surface area contributed by atoms with E-state index in [2.05, 4.69) is 10.3 Å². The predicted octanol–water partition coefficient (Wildman–Crippen LogP) is 4.21. The number of benzene rings is 2. The number of carbonyl (C=O) groups is 1. The molecule has 0 saturated heterocycles. The monoisotopic (exact) mass is 449 g/mol. The molecule has 1 saturated carbocycles. The average Bonchev–Trinajstić information content (AvgIpc) is 2.83. The number of hydrogen-bond acceptors (Lipinski definition) is 5. The molecular weight excluding hydrogens is 421 g/mol. The zero-order chi connectivity index (χ0) is 23.2. The lowest BCUT2D eigenvalue weighted by Crippen LogP contribution is -2.40. The fourth-order valence-corrected chi connectivity index (χ4v) is 4.22. The normalized spacial score (nSPS) is 18.0. The highest BCUT2D eigenvalue weighted by Crippen LogP contribution is 2.34. The fraction of sp³-hybridized carbons (Fsp3) is 0.308. The Balaban J connectivity index is 1.64. The van der Waals surface area contributed by atoms with E-state index in [0.29, 0.717) is 12.2 Å². The van der Waals surface area contributed by atoms with Gasteiger partial charge in [0.05, 0.1) is 6.20 Å². The summed E-state index contributed by atoms with van der Waals surface area (Å²) in [4.78, 5) is 17.1. The van der Waals surface area contributed by atoms with Crippen LogP contribution in [-0.4, -0.2) is 34.7 Å². The van der Waals surface area contributed by atoms with Gasteiger partial charge in [0.2, 0.25) is 5.88 Å². The summed E-state index contributed by atoms with van der Waals surface area (Å²) in [6, 6.07) is 16.6. The molecule has 172 valence electrons. The predicted molar refractivity (Wildman–Crippen MR) is 125 cm³/mol. The Morgan fingerprint density at radius 1 is 1.12 bits per heavy atom. The van der Waals surface area contributed by atoms with E-state index in [0.717, 1.165) is 54.6 Å². The number of nitrogens with one attached hydrogen (secondary N) is 1. The standard InChI is InChI=1S/C26H28FN3O3/c27-18-15-23(25(32)30-20-11-9-19(28)10-12-20)26(29-16-18)33-24-8-4-7-21(22(24)13-14-31)17-5-2-1-3-6-17/h1-8,15-16,19-20,31H,9-14,28H2,(H,30,32). The minimum atomic E-state index is -0.619. The van der Waals surface area contributed by atoms with E-state index in [1.165, 1.54) is 0 Å². The molecule has 0 radical (unpaired) electrons. The van der Waals surface area contributed by atoms with Gasteiger partial charge >= 0.3 is 0 Å². The van der Waals surface area contributed by atoms with Crippen LogP contribution in [0.1, 0.15) is 41.6 Å². The Morgan fingerprint density at radius 3 is 2.61 bits per heavy atom. The maximum absolute atomic E-state index is 14.0. The number of carbonyl (C=O) groups excluding carboxylic acids is 1. The van der Waals surface area contributed by atoms with E-state index in [1.807, 2.05) is 42.5 Å². The third-order valence-corrected chi connectivity index (χ3v) is 5.96. The molecule has 33 heavy (non-hydrogen) atoms. The van der Waals surface area contributed by atoms with Gasteiger partial charge in [-0.2, -0.15) is 0 Å². The number of nitrogens with two attached hydrogens (primary N) is 1. The van der Waals surface area contributed by atoms with Gasteiger partial charge in [-0.1, -0.05) is 42.5 Å². The van der Waals surface area contributed by atoms with Crippen LogP contribution in [0.4, 0.5) is 4.39 Å². The second kappa shape index (κ2) is 10.6. The summed E-state index contributed by atoms with van der Waals surface area (Å²) >= 11 is 0. The summed E-state index contributed by atoms with van der Waals surface area (Å²) < 4.78 is 20.1. The molecule has 1 amide bonds. The van der Waals surface area contributed by atoms with Crippen LogP contribution in [-0.2, 0) is 6.42 Å². The van der Waals surface area contributed by atoms with Gasteiger partial charge in [-0.05, 0) is 55.4 Å². The molecule has 0 aliphatic heterocycles. The second-order valence-corrected chi connectivity index (χ2v) is 8.32. The minimum Gasteiger partial charge on any atom is -0.438 e. The van der Waals surface area contributed by atoms with E-state index in [-0.39, 0.29) is 30.1 Å². The highest BCUT2D eigenvalue weighted by molar-refractivity contribution is 5.96. The Labute approximate surface area is 192 Å². The lowest BCUT2D eigenvalue weighted by Gasteiger charge is -2.27. The molecule has 3 aromatic rings. The number of nitrogens with zero attached hydrogens (tertiary/aromatic N) is 1. The van der Waals surface area contributed by atoms with Gasteiger partial charge in [-0.25, -0.2) is 9.37 Å². The highest BCUT2D eigenvalue weighted by atomic mass is 19.1. The van der Waals surface area contributed by atoms with Crippen molar-refractivity contribution in [3.8, 4) is 22.8 Å². The molecule has 0 unspecified atom stereocenters. The summed E-state index contributed by atoms with van der Waals surface area (Å²) in [5.41, 5.74) is 8.66. The molecule has 1 aliphatic rings. The zero-order valence-corrected chi connectivity index (χ0v) is 18.3. The van der Waals surface area contributed by atoms with Gasteiger partial charge in [-0.15, -0.1) is 0 Å². The van der Waals surface area contributed by atoms with Crippen molar-refractivity contribution >= 4 is 5.91 Å². The highest BCUT2D eigenvalue weighted by Gasteiger charge is 2.24. The molecule has 1 aromatic heterocycles. The third-order valence-electron chi connectivity index (χ3n) is 5.96. The van der Waals surface area contributed by atoms with E-state index < -0.39 is 11.7 Å². The van der Waals surface area contributed by atoms with Gasteiger partial charge in [0.25, 0.3) is 5.91 Å². The van der Waals surface area contributed by atoms with Gasteiger partial charge in [-0.3, -0.25) is 4.79 Å². The van der Waals surface area contributed by atoms with Gasteiger partial charge < -0.3 is 20.9 Å². The number of rotatable bonds is 7. The second-order valence-electron chi connectivity index (χ2n) is 8.32. The Hall–Kier alpha value is -3.29. The van der Waals surface area contributed by atoms with Crippen LogP contribution >= 0.6 is 0 Å². The largest absolute Gasteiger partial charge is 0.438 e. The molecule has 0 spiro atoms. The first-order chi connectivity index (χ1) is 16.0. The molecule has 0 bridgehead atoms. The number of aliphatic hydroxyl groups excluding tert-OH is 1. The first-order valence-corrected chi connectivity index (χ1v) is 11.2. The number of hydrogen-bond donors (Lipinski definition) is 3. The van der Waals surface area contributed by atoms with Crippen molar-refractivity contribution in [2.75, 3.05) is 6.61 Å². The Kier molecular flexibility index (Phi) is 7.32. The lowest BCUT2D eigenvalue weighted by atomic mass is 9.91. The number of halogens is 1. The number of aliphatic hydroxyl groups is 1. The summed E-state index contributed by atoms with van der Waals surface area (Å²) in [6.07, 6.45) is 4.63. The van der Waals surface area contributed by atoms with Crippen LogP contribution in [0.25, 0.3) is 11.1 Å². The third kappa shape index (κ3) is 5.56. The van der Waals surface area contributed by atoms with Crippen LogP contribution in [0.5, 0.6) is 11.6 Å². The van der Waals surface area contributed by atoms with Crippen LogP contribution in [0, 0.1) is 5.82 Å². The number of pyridine rings is 1. The molecule has 1 fully saturated rings. The smallest absolute Gasteiger partial charge is 0.257 e. The van der Waals surface area contributed by atoms with Crippen molar-refractivity contribution < 1.29 is 19.0 Å². The molecule has 6 nitrogen and oxygen atoms in total. The first-order valence-electron chi connectivity index (χ1n) is 11.2. The summed E-state index contributed by atoms with van der Waals surface area (Å²) in [7, 11) is 0. The van der Waals surface area contributed by atoms with Crippen molar-refractivity contribution in [2.24, 2.45) is 5.73 Å². The topological polar surface area (TPSA) is 97.5 Å². The van der Waals surface area contributed by atoms with Gasteiger partial charge in [0, 0.05) is 24.3 Å². The van der Waals surface area contributed by atoms with Crippen molar-refractivity contribution in [1.29, 1.82) is 0 Å². The van der Waals surface area contributed by atoms with Crippen molar-refractivity contribution in [2.45, 2.75) is 44.2 Å². The molecule has 4 rings (SSSR count). The molecule has 4 N–H and O–H groups in total. The molecule has 2 aromatic carbocycles. The number of ether oxygens (including phenoxy) is 1. The van der Waals surface area contributed by atoms with E-state index in [4.69, 9.17) is 10.5 Å². The lowest BCUT2D eigenvalue weighted by molar-refractivity contribution is 0.0922. The first kappa shape index (κ1) is 22.9. The maximum atomic E-state index is 14.0. The molecule has 7 heteroatoms. The van der Waals surface area contributed by atoms with Gasteiger partial charge in [0.15, 0.2) is 0 Å². The Bertz CT molecular complexity index is 1100. The summed E-state index contributed by atoms with van der Waals surface area (Å²) in [6.45, 7) is -0.0752. The maximum Gasteiger partial charge on any atom is 0.257 e. The van der Waals surface area contributed by atoms with Crippen LogP contribution in [0.15, 0.2) is 60.8 Å². The van der Waals surface area contributed by atoms with Crippen molar-refractivity contribution in [1.82, 2.24) is 10.3 Å². The Morgan fingerprint density at radius 2 is 1.88 bits per heavy atom. The molecule has 1 heterocycles. The number of aromatic nitrogens is 1.